The molecule has 6 nitrogen and oxygen atoms in total. The normalized spacial score (nSPS) is 10.4. The number of aryl methyl sites for hydroxylation is 2. The number of nitrogens with one attached hydrogen (secondary N) is 2. The summed E-state index contributed by atoms with van der Waals surface area (Å²) in [6, 6.07) is 5.25. The zero-order valence-corrected chi connectivity index (χ0v) is 15.7. The van der Waals surface area contributed by atoms with Crippen molar-refractivity contribution in [1.82, 2.24) is 15.3 Å². The maximum absolute atomic E-state index is 12.2. The van der Waals surface area contributed by atoms with Gasteiger partial charge >= 0.3 is 0 Å². The molecule has 0 aliphatic rings. The smallest absolute Gasteiger partial charge is 0.270 e. The van der Waals surface area contributed by atoms with Gasteiger partial charge in [-0.05, 0) is 38.0 Å². The first kappa shape index (κ1) is 19.0. The van der Waals surface area contributed by atoms with E-state index in [1.165, 1.54) is 0 Å². The fraction of sp³-hybridized carbons (Fsp3) is 0.389. The highest BCUT2D eigenvalue weighted by Crippen LogP contribution is 2.32. The highest BCUT2D eigenvalue weighted by Gasteiger charge is 2.13. The molecule has 2 rings (SSSR count). The van der Waals surface area contributed by atoms with Crippen molar-refractivity contribution in [3.8, 4) is 5.75 Å². The van der Waals surface area contributed by atoms with Crippen LogP contribution in [-0.2, 0) is 0 Å². The van der Waals surface area contributed by atoms with Crippen LogP contribution in [0.4, 0.5) is 11.6 Å². The van der Waals surface area contributed by atoms with E-state index in [-0.39, 0.29) is 5.91 Å². The number of benzene rings is 1. The summed E-state index contributed by atoms with van der Waals surface area (Å²) in [4.78, 5) is 20.9. The Labute approximate surface area is 153 Å². The van der Waals surface area contributed by atoms with Crippen LogP contribution in [-0.4, -0.2) is 29.5 Å². The molecule has 0 unspecified atom stereocenters. The summed E-state index contributed by atoms with van der Waals surface area (Å²) in [5.74, 6) is 0.705. The van der Waals surface area contributed by atoms with Crippen molar-refractivity contribution in [1.29, 1.82) is 0 Å². The Morgan fingerprint density at radius 2 is 2.00 bits per heavy atom. The molecule has 0 radical (unpaired) electrons. The third-order valence-corrected chi connectivity index (χ3v) is 4.04. The minimum atomic E-state index is -0.207. The Morgan fingerprint density at radius 3 is 2.68 bits per heavy atom. The van der Waals surface area contributed by atoms with Crippen LogP contribution in [0.15, 0.2) is 18.2 Å². The van der Waals surface area contributed by atoms with Gasteiger partial charge in [0.1, 0.15) is 11.4 Å². The van der Waals surface area contributed by atoms with E-state index in [9.17, 15) is 4.79 Å². The third-order valence-electron chi connectivity index (χ3n) is 3.63. The lowest BCUT2D eigenvalue weighted by Crippen LogP contribution is -2.25. The molecule has 0 spiro atoms. The van der Waals surface area contributed by atoms with Crippen molar-refractivity contribution < 1.29 is 9.53 Å². The number of rotatable bonds is 7. The molecule has 1 amide bonds. The predicted molar refractivity (Wildman–Crippen MR) is 100 cm³/mol. The number of anilines is 2. The van der Waals surface area contributed by atoms with E-state index in [1.807, 2.05) is 19.9 Å². The van der Waals surface area contributed by atoms with Crippen molar-refractivity contribution in [2.24, 2.45) is 0 Å². The molecule has 1 heterocycles. The highest BCUT2D eigenvalue weighted by atomic mass is 35.5. The summed E-state index contributed by atoms with van der Waals surface area (Å²) in [5, 5.41) is 6.58. The number of aromatic nitrogens is 2. The molecule has 2 aromatic rings. The number of carbonyl (C=O) groups excluding carboxylic acids is 1. The van der Waals surface area contributed by atoms with Crippen LogP contribution in [0.1, 0.15) is 41.5 Å². The fourth-order valence-corrected chi connectivity index (χ4v) is 2.41. The van der Waals surface area contributed by atoms with Crippen LogP contribution < -0.4 is 15.4 Å². The fourth-order valence-electron chi connectivity index (χ4n) is 2.26. The Bertz CT molecular complexity index is 765. The third kappa shape index (κ3) is 5.06. The Morgan fingerprint density at radius 1 is 1.24 bits per heavy atom. The van der Waals surface area contributed by atoms with Gasteiger partial charge in [0.05, 0.1) is 12.8 Å². The topological polar surface area (TPSA) is 76.1 Å². The van der Waals surface area contributed by atoms with Gasteiger partial charge < -0.3 is 15.4 Å². The van der Waals surface area contributed by atoms with Gasteiger partial charge in [0.2, 0.25) is 5.95 Å². The van der Waals surface area contributed by atoms with E-state index in [2.05, 4.69) is 27.5 Å². The first-order valence-corrected chi connectivity index (χ1v) is 8.57. The van der Waals surface area contributed by atoms with Crippen molar-refractivity contribution in [2.45, 2.75) is 33.6 Å². The van der Waals surface area contributed by atoms with Crippen LogP contribution in [0.2, 0.25) is 5.02 Å². The molecule has 0 saturated carbocycles. The lowest BCUT2D eigenvalue weighted by molar-refractivity contribution is 0.0948. The largest absolute Gasteiger partial charge is 0.495 e. The molecule has 0 saturated heterocycles. The zero-order chi connectivity index (χ0) is 18.4. The van der Waals surface area contributed by atoms with Gasteiger partial charge in [-0.1, -0.05) is 24.9 Å². The summed E-state index contributed by atoms with van der Waals surface area (Å²) < 4.78 is 5.34. The van der Waals surface area contributed by atoms with E-state index in [4.69, 9.17) is 16.3 Å². The number of nitrogens with zero attached hydrogens (tertiary/aromatic N) is 2. The molecule has 7 heteroatoms. The molecule has 0 bridgehead atoms. The van der Waals surface area contributed by atoms with E-state index in [1.54, 1.807) is 19.2 Å². The van der Waals surface area contributed by atoms with Gasteiger partial charge in [0.25, 0.3) is 5.91 Å². The van der Waals surface area contributed by atoms with Gasteiger partial charge in [-0.25, -0.2) is 9.97 Å². The van der Waals surface area contributed by atoms with Crippen molar-refractivity contribution in [2.75, 3.05) is 19.0 Å². The van der Waals surface area contributed by atoms with E-state index in [0.717, 1.165) is 18.4 Å². The molecule has 1 aromatic heterocycles. The van der Waals surface area contributed by atoms with Crippen LogP contribution in [0.3, 0.4) is 0 Å². The second-order valence-corrected chi connectivity index (χ2v) is 6.16. The molecule has 0 fully saturated rings. The number of hydrogen-bond donors (Lipinski definition) is 2. The Hall–Kier alpha value is -2.34. The average molecular weight is 363 g/mol. The lowest BCUT2D eigenvalue weighted by atomic mass is 10.2. The number of amides is 1. The lowest BCUT2D eigenvalue weighted by Gasteiger charge is -2.13. The first-order chi connectivity index (χ1) is 11.9. The van der Waals surface area contributed by atoms with E-state index < -0.39 is 0 Å². The summed E-state index contributed by atoms with van der Waals surface area (Å²) in [5.41, 5.74) is 2.61. The number of unbranched alkanes of at least 4 members (excludes halogenated alkanes) is 1. The number of hydrogen-bond acceptors (Lipinski definition) is 5. The summed E-state index contributed by atoms with van der Waals surface area (Å²) >= 11 is 6.13. The van der Waals surface area contributed by atoms with Gasteiger partial charge in [0, 0.05) is 23.3 Å². The maximum Gasteiger partial charge on any atom is 0.270 e. The quantitative estimate of drug-likeness (QED) is 0.727. The van der Waals surface area contributed by atoms with Crippen molar-refractivity contribution in [3.05, 3.63) is 40.2 Å². The van der Waals surface area contributed by atoms with Crippen LogP contribution in [0.25, 0.3) is 0 Å². The SMILES string of the molecule is CCCCNC(=O)c1cc(C)nc(Nc2cc(C)c(Cl)cc2OC)n1. The molecular formula is C18H23ClN4O2. The average Bonchev–Trinajstić information content (AvgIpc) is 2.57. The van der Waals surface area contributed by atoms with Crippen LogP contribution in [0.5, 0.6) is 5.75 Å². The second kappa shape index (κ2) is 8.67. The summed E-state index contributed by atoms with van der Waals surface area (Å²) in [6.45, 7) is 6.42. The van der Waals surface area contributed by atoms with Gasteiger partial charge in [0.15, 0.2) is 0 Å². The molecule has 0 aliphatic carbocycles. The minimum absolute atomic E-state index is 0.207. The van der Waals surface area contributed by atoms with Crippen LogP contribution in [0, 0.1) is 13.8 Å². The van der Waals surface area contributed by atoms with Gasteiger partial charge in [-0.15, -0.1) is 0 Å². The molecule has 1 aromatic carbocycles. The minimum Gasteiger partial charge on any atom is -0.495 e. The standard InChI is InChI=1S/C18H23ClN4O2/c1-5-6-7-20-17(24)15-9-12(3)21-18(23-15)22-14-8-11(2)13(19)10-16(14)25-4/h8-10H,5-7H2,1-4H3,(H,20,24)(H,21,22,23). The Kier molecular flexibility index (Phi) is 6.58. The number of carbonyl (C=O) groups is 1. The highest BCUT2D eigenvalue weighted by molar-refractivity contribution is 6.31. The predicted octanol–water partition coefficient (Wildman–Crippen LogP) is 4.03. The number of ether oxygens (including phenoxy) is 1. The molecule has 0 aliphatic heterocycles. The van der Waals surface area contributed by atoms with Gasteiger partial charge in [-0.3, -0.25) is 4.79 Å². The zero-order valence-electron chi connectivity index (χ0n) is 14.9. The summed E-state index contributed by atoms with van der Waals surface area (Å²) in [6.07, 6.45) is 1.95. The molecule has 134 valence electrons. The number of halogens is 1. The first-order valence-electron chi connectivity index (χ1n) is 8.19. The molecule has 2 N–H and O–H groups in total. The van der Waals surface area contributed by atoms with Crippen molar-refractivity contribution in [3.63, 3.8) is 0 Å². The Balaban J connectivity index is 2.26. The molecule has 0 atom stereocenters. The molecular weight excluding hydrogens is 340 g/mol. The van der Waals surface area contributed by atoms with Gasteiger partial charge in [-0.2, -0.15) is 0 Å². The van der Waals surface area contributed by atoms with E-state index in [0.29, 0.717) is 40.3 Å². The monoisotopic (exact) mass is 362 g/mol. The maximum atomic E-state index is 12.2. The van der Waals surface area contributed by atoms with Crippen LogP contribution >= 0.6 is 11.6 Å². The molecule has 25 heavy (non-hydrogen) atoms. The van der Waals surface area contributed by atoms with Crippen molar-refractivity contribution >= 4 is 29.1 Å². The second-order valence-electron chi connectivity index (χ2n) is 5.75. The number of methoxy groups -OCH3 is 1. The van der Waals surface area contributed by atoms with E-state index >= 15 is 0 Å². The summed E-state index contributed by atoms with van der Waals surface area (Å²) in [7, 11) is 1.57.